The number of phenols is 2. The maximum atomic E-state index is 14.1. The SMILES string of the molecule is CCCC(NC(=O)[C@@H]1Cc2cccc(c2)OCCCCCC(=O)N[C@@H](C2CCCCC2)C(=O)N1)C(=O)C(=O)NCC(=O)N[C@H](C(=O)OC(C)(C)C)c1ccccc1.COC(=O)[C@H](Cc1cccc(O)c1)NC(=O)[C@@H](N)C1CCCCC1.COC(=O)[C@H](Cc1cccc(O)c1)NC(=O)[C@@H](NC(=O)CCCCCO)C1CCCCC1.Cl. The molecule has 114 heavy (non-hydrogen) atoms. The van der Waals surface area contributed by atoms with E-state index in [0.717, 1.165) is 115 Å². The molecule has 3 aliphatic carbocycles. The van der Waals surface area contributed by atoms with Crippen molar-refractivity contribution in [3.63, 3.8) is 0 Å². The minimum Gasteiger partial charge on any atom is -0.508 e. The number of amides is 8. The molecule has 0 radical (unpaired) electrons. The number of ether oxygens (including phenoxy) is 4. The molecule has 3 fully saturated rings. The molecular weight excluding hydrogens is 1490 g/mol. The van der Waals surface area contributed by atoms with Crippen LogP contribution in [0, 0.1) is 17.8 Å². The number of aromatic hydroxyl groups is 2. The minimum absolute atomic E-state index is 0. The Labute approximate surface area is 676 Å². The molecule has 4 aromatic rings. The highest BCUT2D eigenvalue weighted by Crippen LogP contribution is 2.31. The topological polar surface area (TPSA) is 425 Å². The number of fused-ring (bicyclic) bond motifs is 2. The number of Topliss-reactive ketones (excluding diaryl/α,β-unsaturated/α-hetero) is 1. The van der Waals surface area contributed by atoms with Gasteiger partial charge in [-0.1, -0.05) is 144 Å². The number of rotatable bonds is 30. The molecule has 4 aromatic carbocycles. The number of halogens is 1. The molecule has 0 aromatic heterocycles. The summed E-state index contributed by atoms with van der Waals surface area (Å²) in [6.45, 7) is 6.82. The van der Waals surface area contributed by atoms with E-state index in [-0.39, 0.29) is 98.1 Å². The number of aliphatic hydroxyl groups is 1. The largest absolute Gasteiger partial charge is 0.508 e. The monoisotopic (exact) mass is 1610 g/mol. The van der Waals surface area contributed by atoms with Crippen molar-refractivity contribution in [1.29, 1.82) is 0 Å². The molecule has 1 heterocycles. The maximum Gasteiger partial charge on any atom is 0.333 e. The number of aliphatic hydroxyl groups excluding tert-OH is 1. The lowest BCUT2D eigenvalue weighted by Gasteiger charge is -2.31. The molecule has 0 spiro atoms. The third kappa shape index (κ3) is 33.8. The van der Waals surface area contributed by atoms with Crippen molar-refractivity contribution in [2.75, 3.05) is 34.0 Å². The number of hydrogen-bond donors (Lipinski definition) is 12. The lowest BCUT2D eigenvalue weighted by atomic mass is 9.83. The van der Waals surface area contributed by atoms with Crippen LogP contribution in [0.4, 0.5) is 0 Å². The third-order valence-electron chi connectivity index (χ3n) is 20.5. The van der Waals surface area contributed by atoms with Crippen LogP contribution < -0.4 is 53.0 Å². The average molecular weight is 1610 g/mol. The van der Waals surface area contributed by atoms with Gasteiger partial charge in [-0.2, -0.15) is 0 Å². The quantitative estimate of drug-likeness (QED) is 0.0102. The van der Waals surface area contributed by atoms with Crippen LogP contribution in [0.3, 0.4) is 0 Å². The van der Waals surface area contributed by atoms with Crippen molar-refractivity contribution < 1.29 is 91.8 Å². The molecule has 1 aliphatic heterocycles. The van der Waals surface area contributed by atoms with E-state index in [4.69, 9.17) is 29.8 Å². The van der Waals surface area contributed by atoms with Crippen molar-refractivity contribution in [1.82, 2.24) is 42.5 Å². The van der Waals surface area contributed by atoms with Crippen molar-refractivity contribution >= 4 is 83.4 Å². The summed E-state index contributed by atoms with van der Waals surface area (Å²) in [6.07, 6.45) is 20.3. The molecule has 29 heteroatoms. The van der Waals surface area contributed by atoms with Gasteiger partial charge in [0.25, 0.3) is 5.91 Å². The molecule has 8 amide bonds. The smallest absolute Gasteiger partial charge is 0.333 e. The third-order valence-corrected chi connectivity index (χ3v) is 20.5. The van der Waals surface area contributed by atoms with Gasteiger partial charge in [-0.05, 0) is 174 Å². The van der Waals surface area contributed by atoms with Crippen LogP contribution >= 0.6 is 12.4 Å². The Balaban J connectivity index is 0.000000341. The van der Waals surface area contributed by atoms with Gasteiger partial charge in [-0.25, -0.2) is 14.4 Å². The number of unbranched alkanes of at least 4 members (excludes halogenated alkanes) is 2. The fourth-order valence-corrected chi connectivity index (χ4v) is 14.5. The predicted molar refractivity (Wildman–Crippen MR) is 430 cm³/mol. The Kier molecular flexibility index (Phi) is 42.1. The highest BCUT2D eigenvalue weighted by molar-refractivity contribution is 6.38. The van der Waals surface area contributed by atoms with Crippen molar-refractivity contribution in [2.45, 2.75) is 261 Å². The van der Waals surface area contributed by atoms with Crippen molar-refractivity contribution in [3.05, 3.63) is 125 Å². The first kappa shape index (κ1) is 94.9. The number of nitrogens with one attached hydrogen (secondary N) is 8. The van der Waals surface area contributed by atoms with Crippen molar-refractivity contribution in [3.8, 4) is 17.2 Å². The summed E-state index contributed by atoms with van der Waals surface area (Å²) in [6, 6.07) is 21.3. The molecule has 2 bridgehead atoms. The first-order valence-corrected chi connectivity index (χ1v) is 40.2. The van der Waals surface area contributed by atoms with E-state index in [2.05, 4.69) is 42.5 Å². The Hall–Kier alpha value is -9.67. The number of esters is 3. The van der Waals surface area contributed by atoms with Crippen LogP contribution in [0.5, 0.6) is 17.2 Å². The van der Waals surface area contributed by atoms with Crippen LogP contribution in [-0.2, 0) is 91.0 Å². The van der Waals surface area contributed by atoms with Gasteiger partial charge in [-0.15, -0.1) is 12.4 Å². The molecule has 4 aliphatic rings. The Bertz CT molecular complexity index is 3730. The van der Waals surface area contributed by atoms with Gasteiger partial charge in [0.1, 0.15) is 53.1 Å². The normalized spacial score (nSPS) is 18.1. The van der Waals surface area contributed by atoms with E-state index in [1.54, 1.807) is 119 Å². The standard InChI is InChI=1S/C43H59N5O9.C24H36N2O6.C18H26N2O4.ClH/c1-5-16-32(38(51)41(54)44-27-35(50)48-37(30-20-11-7-12-21-30)42(55)57-43(2,3)4)45-39(52)33-26-28-17-15-22-31(25-28)56-24-14-8-13-23-34(49)47-36(40(53)46-33)29-18-9-6-10-19-29;1-32-24(31)20(16-17-9-8-12-19(28)15-17)25-23(30)22(18-10-4-2-5-11-18)26-21(29)13-6-3-7-14-27;1-24-18(23)15(11-12-6-5-9-14(21)10-12)20-17(22)16(19)13-7-3-2-4-8-13;/h7,11-12,15,17,20-22,25,29,32-33,36-37H,5-6,8-10,13-14,16,18-19,23-24,26-27H2,1-4H3,(H,44,54)(H,45,52)(H,46,53)(H,47,49)(H,48,50);8-9,12,15,18,20,22,27-28H,2-7,10-11,13-14,16H2,1H3,(H,25,30)(H,26,29);5-6,9-10,13,15-16,21H,2-4,7-8,11,19H2,1H3,(H,20,22);1H/t32?,33-,36-,37-;20-,22-;15-,16-;/m000./s1. The highest BCUT2D eigenvalue weighted by atomic mass is 35.5. The van der Waals surface area contributed by atoms with Gasteiger partial charge >= 0.3 is 17.9 Å². The number of hydrogen-bond acceptors (Lipinski definition) is 20. The molecule has 628 valence electrons. The Morgan fingerprint density at radius 3 is 1.74 bits per heavy atom. The van der Waals surface area contributed by atoms with Crippen LogP contribution in [0.15, 0.2) is 103 Å². The fourth-order valence-electron chi connectivity index (χ4n) is 14.5. The molecule has 3 saturated carbocycles. The number of nitrogens with two attached hydrogens (primary N) is 1. The molecule has 1 unspecified atom stereocenters. The summed E-state index contributed by atoms with van der Waals surface area (Å²) in [5, 5.41) is 49.9. The van der Waals surface area contributed by atoms with E-state index in [9.17, 15) is 67.7 Å². The molecule has 13 N–H and O–H groups in total. The highest BCUT2D eigenvalue weighted by Gasteiger charge is 2.38. The second-order valence-corrected chi connectivity index (χ2v) is 30.7. The van der Waals surface area contributed by atoms with E-state index < -0.39 is 114 Å². The lowest BCUT2D eigenvalue weighted by molar-refractivity contribution is -0.159. The average Bonchev–Trinajstić information content (AvgIpc) is 0.861. The molecule has 8 rings (SSSR count). The van der Waals surface area contributed by atoms with Crippen LogP contribution in [0.2, 0.25) is 0 Å². The predicted octanol–water partition coefficient (Wildman–Crippen LogP) is 8.03. The maximum absolute atomic E-state index is 14.1. The summed E-state index contributed by atoms with van der Waals surface area (Å²) in [5.41, 5.74) is 7.85. The lowest BCUT2D eigenvalue weighted by Crippen LogP contribution is -2.59. The van der Waals surface area contributed by atoms with Gasteiger partial charge in [0.2, 0.25) is 47.1 Å². The summed E-state index contributed by atoms with van der Waals surface area (Å²) < 4.78 is 21.1. The fraction of sp³-hybridized carbons (Fsp3) is 0.576. The summed E-state index contributed by atoms with van der Waals surface area (Å²) >= 11 is 0. The summed E-state index contributed by atoms with van der Waals surface area (Å²) in [5.74, 6) is -6.08. The van der Waals surface area contributed by atoms with Gasteiger partial charge in [-0.3, -0.25) is 43.2 Å². The number of phenolic OH excluding ortho intramolecular Hbond substituents is 2. The molecule has 28 nitrogen and oxygen atoms in total. The Morgan fingerprint density at radius 1 is 0.596 bits per heavy atom. The zero-order valence-corrected chi connectivity index (χ0v) is 67.8. The van der Waals surface area contributed by atoms with Crippen LogP contribution in [0.25, 0.3) is 0 Å². The Morgan fingerprint density at radius 2 is 1.17 bits per heavy atom. The van der Waals surface area contributed by atoms with Crippen molar-refractivity contribution in [2.24, 2.45) is 23.5 Å². The van der Waals surface area contributed by atoms with E-state index in [1.807, 2.05) is 0 Å². The van der Waals surface area contributed by atoms with Gasteiger partial charge in [0.05, 0.1) is 39.5 Å². The molecule has 0 saturated heterocycles. The zero-order valence-electron chi connectivity index (χ0n) is 66.9. The van der Waals surface area contributed by atoms with E-state index >= 15 is 0 Å². The van der Waals surface area contributed by atoms with Crippen LogP contribution in [0.1, 0.15) is 217 Å². The number of methoxy groups -OCH3 is 2. The molecular formula is C85H122ClN9O19. The van der Waals surface area contributed by atoms with E-state index in [0.29, 0.717) is 61.2 Å². The van der Waals surface area contributed by atoms with Crippen LogP contribution in [-0.4, -0.2) is 168 Å². The first-order valence-electron chi connectivity index (χ1n) is 40.2. The zero-order chi connectivity index (χ0) is 82.2. The van der Waals surface area contributed by atoms with Gasteiger partial charge in [0, 0.05) is 38.7 Å². The second-order valence-electron chi connectivity index (χ2n) is 30.7. The first-order chi connectivity index (χ1) is 54.2. The molecule has 8 atom stereocenters. The summed E-state index contributed by atoms with van der Waals surface area (Å²) in [7, 11) is 2.54. The minimum atomic E-state index is -1.27. The number of carbonyl (C=O) groups is 12. The number of benzene rings is 4. The van der Waals surface area contributed by atoms with E-state index in [1.165, 1.54) is 32.8 Å². The van der Waals surface area contributed by atoms with Gasteiger partial charge in [0.15, 0.2) is 6.04 Å². The number of ketones is 1. The van der Waals surface area contributed by atoms with Gasteiger partial charge < -0.3 is 82.5 Å². The second kappa shape index (κ2) is 50.5. The number of carbonyl (C=O) groups excluding carboxylic acids is 12. The summed E-state index contributed by atoms with van der Waals surface area (Å²) in [4.78, 5) is 156.